The quantitative estimate of drug-likeness (QED) is 0.750. The van der Waals surface area contributed by atoms with E-state index in [1.807, 2.05) is 0 Å². The number of hydrogen-bond acceptors (Lipinski definition) is 3. The number of likely N-dealkylation sites (N-methyl/N-ethyl adjacent to an activating group) is 1. The van der Waals surface area contributed by atoms with Crippen molar-refractivity contribution in [2.75, 3.05) is 33.2 Å². The van der Waals surface area contributed by atoms with Crippen molar-refractivity contribution in [3.63, 3.8) is 0 Å². The average Bonchev–Trinajstić information content (AvgIpc) is 2.40. The van der Waals surface area contributed by atoms with Gasteiger partial charge < -0.3 is 15.5 Å². The molecule has 1 aliphatic heterocycles. The minimum atomic E-state index is -0.0446. The van der Waals surface area contributed by atoms with E-state index < -0.39 is 0 Å². The Kier molecular flexibility index (Phi) is 2.90. The Morgan fingerprint density at radius 1 is 0.944 bits per heavy atom. The summed E-state index contributed by atoms with van der Waals surface area (Å²) in [4.78, 5) is 17.2. The number of rotatable bonds is 1. The summed E-state index contributed by atoms with van der Waals surface area (Å²) in [7, 11) is 2.13. The Labute approximate surface area is 109 Å². The molecule has 1 amide bonds. The van der Waals surface area contributed by atoms with Crippen LogP contribution in [0.2, 0.25) is 0 Å². The minimum absolute atomic E-state index is 0.0446. The van der Waals surface area contributed by atoms with Gasteiger partial charge in [0.15, 0.2) is 0 Å². The zero-order valence-corrected chi connectivity index (χ0v) is 11.5. The van der Waals surface area contributed by atoms with Gasteiger partial charge in [-0.2, -0.15) is 0 Å². The molecule has 4 nitrogen and oxygen atoms in total. The van der Waals surface area contributed by atoms with E-state index in [4.69, 9.17) is 5.73 Å². The summed E-state index contributed by atoms with van der Waals surface area (Å²) in [5.41, 5.74) is 6.34. The highest BCUT2D eigenvalue weighted by Gasteiger charge is 2.52. The van der Waals surface area contributed by atoms with Gasteiger partial charge in [0, 0.05) is 37.1 Å². The Hall–Kier alpha value is -0.610. The fourth-order valence-corrected chi connectivity index (χ4v) is 3.88. The number of nitrogens with two attached hydrogens (primary N) is 1. The molecule has 4 rings (SSSR count). The number of fused-ring (bicyclic) bond motifs is 3. The summed E-state index contributed by atoms with van der Waals surface area (Å²) >= 11 is 0. The molecule has 102 valence electrons. The summed E-state index contributed by atoms with van der Waals surface area (Å²) in [5.74, 6) is 0.428. The lowest BCUT2D eigenvalue weighted by Crippen LogP contribution is -2.59. The summed E-state index contributed by atoms with van der Waals surface area (Å²) in [6, 6.07) is 0. The molecule has 4 fully saturated rings. The molecule has 3 aliphatic carbocycles. The maximum atomic E-state index is 12.8. The first kappa shape index (κ1) is 12.4. The molecule has 2 bridgehead atoms. The molecule has 0 aromatic rings. The van der Waals surface area contributed by atoms with Gasteiger partial charge in [0.25, 0.3) is 0 Å². The van der Waals surface area contributed by atoms with Crippen LogP contribution in [0.15, 0.2) is 0 Å². The van der Waals surface area contributed by atoms with Crippen LogP contribution < -0.4 is 5.73 Å². The fraction of sp³-hybridized carbons (Fsp3) is 0.929. The van der Waals surface area contributed by atoms with E-state index in [0.717, 1.165) is 64.7 Å². The highest BCUT2D eigenvalue weighted by atomic mass is 16.2. The first-order chi connectivity index (χ1) is 8.53. The molecular weight excluding hydrogens is 226 g/mol. The second kappa shape index (κ2) is 4.20. The van der Waals surface area contributed by atoms with Crippen LogP contribution in [0.25, 0.3) is 0 Å². The highest BCUT2D eigenvalue weighted by molar-refractivity contribution is 5.83. The first-order valence-corrected chi connectivity index (χ1v) is 7.30. The summed E-state index contributed by atoms with van der Waals surface area (Å²) in [6.45, 7) is 3.85. The Bertz CT molecular complexity index is 322. The molecule has 0 aromatic carbocycles. The van der Waals surface area contributed by atoms with Gasteiger partial charge in [0.1, 0.15) is 0 Å². The zero-order valence-electron chi connectivity index (χ0n) is 11.5. The van der Waals surface area contributed by atoms with E-state index in [1.165, 1.54) is 0 Å². The SMILES string of the molecule is CN1CCN(C(=O)C23CCC(N)(CC2)CC3)CC1. The summed E-state index contributed by atoms with van der Waals surface area (Å²) in [6.07, 6.45) is 6.21. The number of nitrogens with zero attached hydrogens (tertiary/aromatic N) is 2. The third-order valence-electron chi connectivity index (χ3n) is 5.55. The van der Waals surface area contributed by atoms with Crippen molar-refractivity contribution in [1.29, 1.82) is 0 Å². The van der Waals surface area contributed by atoms with Crippen LogP contribution in [0.1, 0.15) is 38.5 Å². The molecule has 18 heavy (non-hydrogen) atoms. The third kappa shape index (κ3) is 1.95. The zero-order chi connectivity index (χ0) is 12.8. The standard InChI is InChI=1S/C14H25N3O/c1-16-8-10-17(11-9-16)12(18)13-2-5-14(15,6-3-13)7-4-13/h2-11,15H2,1H3. The Balaban J connectivity index is 1.69. The minimum Gasteiger partial charge on any atom is -0.340 e. The number of hydrogen-bond donors (Lipinski definition) is 1. The van der Waals surface area contributed by atoms with Gasteiger partial charge in [0.05, 0.1) is 0 Å². The monoisotopic (exact) mass is 251 g/mol. The van der Waals surface area contributed by atoms with Crippen molar-refractivity contribution in [2.45, 2.75) is 44.1 Å². The van der Waals surface area contributed by atoms with Crippen LogP contribution >= 0.6 is 0 Å². The Morgan fingerprint density at radius 2 is 1.44 bits per heavy atom. The summed E-state index contributed by atoms with van der Waals surface area (Å²) < 4.78 is 0. The van der Waals surface area contributed by atoms with Gasteiger partial charge in [-0.1, -0.05) is 0 Å². The number of piperazine rings is 1. The summed E-state index contributed by atoms with van der Waals surface area (Å²) in [5, 5.41) is 0. The highest BCUT2D eigenvalue weighted by Crippen LogP contribution is 2.52. The maximum Gasteiger partial charge on any atom is 0.228 e. The lowest BCUT2D eigenvalue weighted by atomic mass is 9.57. The second-order valence-corrected chi connectivity index (χ2v) is 6.74. The normalized spacial score (nSPS) is 41.1. The van der Waals surface area contributed by atoms with Crippen molar-refractivity contribution in [1.82, 2.24) is 9.80 Å². The molecule has 0 radical (unpaired) electrons. The van der Waals surface area contributed by atoms with Crippen molar-refractivity contribution >= 4 is 5.91 Å². The molecule has 4 aliphatic rings. The molecule has 4 heteroatoms. The van der Waals surface area contributed by atoms with E-state index in [9.17, 15) is 4.79 Å². The molecule has 1 saturated heterocycles. The van der Waals surface area contributed by atoms with Crippen molar-refractivity contribution < 1.29 is 4.79 Å². The molecule has 1 heterocycles. The van der Waals surface area contributed by atoms with Gasteiger partial charge in [-0.15, -0.1) is 0 Å². The molecule has 0 atom stereocenters. The first-order valence-electron chi connectivity index (χ1n) is 7.30. The van der Waals surface area contributed by atoms with Gasteiger partial charge >= 0.3 is 0 Å². The van der Waals surface area contributed by atoms with Crippen LogP contribution in [0.5, 0.6) is 0 Å². The molecular formula is C14H25N3O. The smallest absolute Gasteiger partial charge is 0.228 e. The second-order valence-electron chi connectivity index (χ2n) is 6.74. The number of carbonyl (C=O) groups excluding carboxylic acids is 1. The topological polar surface area (TPSA) is 49.6 Å². The molecule has 0 aromatic heterocycles. The van der Waals surface area contributed by atoms with Crippen LogP contribution in [0.4, 0.5) is 0 Å². The van der Waals surface area contributed by atoms with Crippen molar-refractivity contribution in [3.05, 3.63) is 0 Å². The van der Waals surface area contributed by atoms with E-state index in [1.54, 1.807) is 0 Å². The van der Waals surface area contributed by atoms with Crippen LogP contribution in [0, 0.1) is 5.41 Å². The molecule has 2 N–H and O–H groups in total. The lowest BCUT2D eigenvalue weighted by molar-refractivity contribution is -0.150. The van der Waals surface area contributed by atoms with Crippen LogP contribution in [0.3, 0.4) is 0 Å². The molecule has 3 saturated carbocycles. The van der Waals surface area contributed by atoms with E-state index in [2.05, 4.69) is 16.8 Å². The van der Waals surface area contributed by atoms with E-state index >= 15 is 0 Å². The molecule has 0 unspecified atom stereocenters. The predicted octanol–water partition coefficient (Wildman–Crippen LogP) is 0.812. The Morgan fingerprint density at radius 3 is 1.94 bits per heavy atom. The van der Waals surface area contributed by atoms with E-state index in [0.29, 0.717) is 5.91 Å². The largest absolute Gasteiger partial charge is 0.340 e. The van der Waals surface area contributed by atoms with Gasteiger partial charge in [-0.3, -0.25) is 4.79 Å². The molecule has 0 spiro atoms. The van der Waals surface area contributed by atoms with Crippen LogP contribution in [-0.4, -0.2) is 54.5 Å². The number of carbonyl (C=O) groups is 1. The predicted molar refractivity (Wildman–Crippen MR) is 71.1 cm³/mol. The lowest BCUT2D eigenvalue weighted by Gasteiger charge is -2.52. The van der Waals surface area contributed by atoms with E-state index in [-0.39, 0.29) is 11.0 Å². The van der Waals surface area contributed by atoms with Crippen molar-refractivity contribution in [3.8, 4) is 0 Å². The van der Waals surface area contributed by atoms with Gasteiger partial charge in [-0.05, 0) is 45.6 Å². The number of amides is 1. The van der Waals surface area contributed by atoms with Gasteiger partial charge in [0.2, 0.25) is 5.91 Å². The van der Waals surface area contributed by atoms with Gasteiger partial charge in [-0.25, -0.2) is 0 Å². The van der Waals surface area contributed by atoms with Crippen LogP contribution in [-0.2, 0) is 4.79 Å². The third-order valence-corrected chi connectivity index (χ3v) is 5.55. The fourth-order valence-electron chi connectivity index (χ4n) is 3.88. The van der Waals surface area contributed by atoms with Crippen molar-refractivity contribution in [2.24, 2.45) is 11.1 Å². The average molecular weight is 251 g/mol. The maximum absolute atomic E-state index is 12.8.